The zero-order valence-electron chi connectivity index (χ0n) is 11.0. The van der Waals surface area contributed by atoms with Crippen LogP contribution in [-0.2, 0) is 6.42 Å². The van der Waals surface area contributed by atoms with Crippen LogP contribution in [0.5, 0.6) is 5.75 Å². The van der Waals surface area contributed by atoms with Crippen LogP contribution in [0.3, 0.4) is 0 Å². The van der Waals surface area contributed by atoms with Gasteiger partial charge < -0.3 is 9.84 Å². The van der Waals surface area contributed by atoms with Crippen molar-refractivity contribution in [1.82, 2.24) is 0 Å². The van der Waals surface area contributed by atoms with E-state index in [0.29, 0.717) is 6.61 Å². The first-order valence-corrected chi connectivity index (χ1v) is 6.78. The van der Waals surface area contributed by atoms with Crippen LogP contribution in [0.25, 0.3) is 0 Å². The maximum absolute atomic E-state index is 10.5. The number of fused-ring (bicyclic) bond motifs is 1. The smallest absolute Gasteiger partial charge is 0.119 e. The van der Waals surface area contributed by atoms with Crippen LogP contribution in [0.15, 0.2) is 48.5 Å². The van der Waals surface area contributed by atoms with Crippen LogP contribution in [0.2, 0.25) is 0 Å². The van der Waals surface area contributed by atoms with Gasteiger partial charge in [-0.3, -0.25) is 0 Å². The van der Waals surface area contributed by atoms with Gasteiger partial charge in [0.2, 0.25) is 0 Å². The molecule has 0 amide bonds. The Bertz CT molecular complexity index is 560. The van der Waals surface area contributed by atoms with E-state index >= 15 is 0 Å². The van der Waals surface area contributed by atoms with Gasteiger partial charge in [0.1, 0.15) is 5.75 Å². The Morgan fingerprint density at radius 3 is 2.58 bits per heavy atom. The van der Waals surface area contributed by atoms with Crippen molar-refractivity contribution >= 4 is 0 Å². The molecule has 19 heavy (non-hydrogen) atoms. The quantitative estimate of drug-likeness (QED) is 0.905. The lowest BCUT2D eigenvalue weighted by atomic mass is 9.73. The Labute approximate surface area is 113 Å². The summed E-state index contributed by atoms with van der Waals surface area (Å²) in [6.07, 6.45) is 0.537. The van der Waals surface area contributed by atoms with Crippen LogP contribution < -0.4 is 4.74 Å². The summed E-state index contributed by atoms with van der Waals surface area (Å²) in [5, 5.41) is 10.5. The Morgan fingerprint density at radius 1 is 1.16 bits per heavy atom. The van der Waals surface area contributed by atoms with E-state index in [1.165, 1.54) is 11.1 Å². The highest BCUT2D eigenvalue weighted by molar-refractivity contribution is 5.43. The number of rotatable bonds is 4. The normalized spacial score (nSPS) is 18.3. The SMILES string of the molecule is CCOc1ccc(C(O)C2Cc3ccccc32)cc1. The van der Waals surface area contributed by atoms with Crippen molar-refractivity contribution in [3.8, 4) is 5.75 Å². The molecule has 2 heteroatoms. The molecule has 0 bridgehead atoms. The second kappa shape index (κ2) is 5.06. The molecule has 0 spiro atoms. The Kier molecular flexibility index (Phi) is 3.26. The van der Waals surface area contributed by atoms with Crippen molar-refractivity contribution in [3.63, 3.8) is 0 Å². The van der Waals surface area contributed by atoms with Crippen LogP contribution in [0.4, 0.5) is 0 Å². The van der Waals surface area contributed by atoms with Gasteiger partial charge in [0.05, 0.1) is 12.7 Å². The van der Waals surface area contributed by atoms with Crippen molar-refractivity contribution in [2.24, 2.45) is 0 Å². The van der Waals surface area contributed by atoms with Gasteiger partial charge in [0.25, 0.3) is 0 Å². The van der Waals surface area contributed by atoms with E-state index in [0.717, 1.165) is 17.7 Å². The molecule has 2 unspecified atom stereocenters. The number of aliphatic hydroxyl groups is 1. The number of aliphatic hydroxyl groups excluding tert-OH is 1. The molecule has 2 atom stereocenters. The third-order valence-electron chi connectivity index (χ3n) is 3.81. The van der Waals surface area contributed by atoms with Crippen LogP contribution in [-0.4, -0.2) is 11.7 Å². The van der Waals surface area contributed by atoms with Crippen molar-refractivity contribution in [2.75, 3.05) is 6.61 Å². The summed E-state index contributed by atoms with van der Waals surface area (Å²) in [5.41, 5.74) is 3.60. The average molecular weight is 254 g/mol. The summed E-state index contributed by atoms with van der Waals surface area (Å²) in [6.45, 7) is 2.63. The molecule has 1 aliphatic carbocycles. The summed E-state index contributed by atoms with van der Waals surface area (Å²) < 4.78 is 5.42. The van der Waals surface area contributed by atoms with Crippen molar-refractivity contribution in [1.29, 1.82) is 0 Å². The molecule has 0 saturated heterocycles. The van der Waals surface area contributed by atoms with Gasteiger partial charge in [0, 0.05) is 5.92 Å². The molecule has 2 aromatic rings. The fourth-order valence-electron chi connectivity index (χ4n) is 2.74. The molecule has 2 nitrogen and oxygen atoms in total. The number of hydrogen-bond acceptors (Lipinski definition) is 2. The minimum atomic E-state index is -0.425. The molecule has 0 radical (unpaired) electrons. The average Bonchev–Trinajstić information content (AvgIpc) is 2.41. The first-order chi connectivity index (χ1) is 9.29. The van der Waals surface area contributed by atoms with E-state index in [-0.39, 0.29) is 5.92 Å². The zero-order valence-corrected chi connectivity index (χ0v) is 11.0. The molecule has 0 fully saturated rings. The van der Waals surface area contributed by atoms with Crippen LogP contribution >= 0.6 is 0 Å². The minimum Gasteiger partial charge on any atom is -0.494 e. The highest BCUT2D eigenvalue weighted by Crippen LogP contribution is 2.43. The fourth-order valence-corrected chi connectivity index (χ4v) is 2.74. The van der Waals surface area contributed by atoms with Gasteiger partial charge in [-0.25, -0.2) is 0 Å². The maximum Gasteiger partial charge on any atom is 0.119 e. The molecule has 1 N–H and O–H groups in total. The summed E-state index contributed by atoms with van der Waals surface area (Å²) in [7, 11) is 0. The molecule has 3 rings (SSSR count). The van der Waals surface area contributed by atoms with Crippen LogP contribution in [0.1, 0.15) is 35.6 Å². The van der Waals surface area contributed by atoms with Gasteiger partial charge in [-0.05, 0) is 42.2 Å². The minimum absolute atomic E-state index is 0.231. The fraction of sp³-hybridized carbons (Fsp3) is 0.294. The van der Waals surface area contributed by atoms with Gasteiger partial charge in [0.15, 0.2) is 0 Å². The first kappa shape index (κ1) is 12.2. The second-order valence-corrected chi connectivity index (χ2v) is 4.96. The largest absolute Gasteiger partial charge is 0.494 e. The van der Waals surface area contributed by atoms with Crippen molar-refractivity contribution in [3.05, 3.63) is 65.2 Å². The Morgan fingerprint density at radius 2 is 1.89 bits per heavy atom. The van der Waals surface area contributed by atoms with E-state index in [4.69, 9.17) is 4.74 Å². The maximum atomic E-state index is 10.5. The number of hydrogen-bond donors (Lipinski definition) is 1. The molecule has 0 aliphatic heterocycles. The predicted molar refractivity (Wildman–Crippen MR) is 75.5 cm³/mol. The lowest BCUT2D eigenvalue weighted by Crippen LogP contribution is -2.23. The molecular formula is C17H18O2. The topological polar surface area (TPSA) is 29.5 Å². The number of ether oxygens (including phenoxy) is 1. The van der Waals surface area contributed by atoms with Gasteiger partial charge in [-0.2, -0.15) is 0 Å². The highest BCUT2D eigenvalue weighted by Gasteiger charge is 2.32. The lowest BCUT2D eigenvalue weighted by Gasteiger charge is -2.34. The third-order valence-corrected chi connectivity index (χ3v) is 3.81. The summed E-state index contributed by atoms with van der Waals surface area (Å²) in [4.78, 5) is 0. The number of benzene rings is 2. The molecule has 0 aromatic heterocycles. The Balaban J connectivity index is 1.76. The summed E-state index contributed by atoms with van der Waals surface area (Å²) in [6, 6.07) is 16.1. The molecule has 2 aromatic carbocycles. The first-order valence-electron chi connectivity index (χ1n) is 6.78. The van der Waals surface area contributed by atoms with Gasteiger partial charge >= 0.3 is 0 Å². The highest BCUT2D eigenvalue weighted by atomic mass is 16.5. The van der Waals surface area contributed by atoms with Crippen molar-refractivity contribution < 1.29 is 9.84 Å². The standard InChI is InChI=1S/C17H18O2/c1-2-19-14-9-7-12(8-10-14)17(18)16-11-13-5-3-4-6-15(13)16/h3-10,16-18H,2,11H2,1H3. The molecular weight excluding hydrogens is 236 g/mol. The Hall–Kier alpha value is -1.80. The molecule has 0 saturated carbocycles. The van der Waals surface area contributed by atoms with Crippen LogP contribution in [0, 0.1) is 0 Å². The van der Waals surface area contributed by atoms with Gasteiger partial charge in [-0.15, -0.1) is 0 Å². The molecule has 0 heterocycles. The second-order valence-electron chi connectivity index (χ2n) is 4.96. The summed E-state index contributed by atoms with van der Waals surface area (Å²) in [5.74, 6) is 1.08. The zero-order chi connectivity index (χ0) is 13.2. The van der Waals surface area contributed by atoms with E-state index in [1.807, 2.05) is 37.3 Å². The molecule has 1 aliphatic rings. The van der Waals surface area contributed by atoms with E-state index in [2.05, 4.69) is 18.2 Å². The third kappa shape index (κ3) is 2.24. The van der Waals surface area contributed by atoms with E-state index in [1.54, 1.807) is 0 Å². The lowest BCUT2D eigenvalue weighted by molar-refractivity contribution is 0.134. The van der Waals surface area contributed by atoms with E-state index < -0.39 is 6.10 Å². The van der Waals surface area contributed by atoms with Crippen molar-refractivity contribution in [2.45, 2.75) is 25.4 Å². The predicted octanol–water partition coefficient (Wildman–Crippen LogP) is 3.46. The van der Waals surface area contributed by atoms with E-state index in [9.17, 15) is 5.11 Å². The molecule has 98 valence electrons. The monoisotopic (exact) mass is 254 g/mol. The van der Waals surface area contributed by atoms with Gasteiger partial charge in [-0.1, -0.05) is 36.4 Å². The summed E-state index contributed by atoms with van der Waals surface area (Å²) >= 11 is 0.